The summed E-state index contributed by atoms with van der Waals surface area (Å²) in [5, 5.41) is 9.21. The lowest BCUT2D eigenvalue weighted by Gasteiger charge is -2.22. The number of carbonyl (C=O) groups excluding carboxylic acids is 1. The van der Waals surface area contributed by atoms with Crippen LogP contribution in [0.2, 0.25) is 0 Å². The summed E-state index contributed by atoms with van der Waals surface area (Å²) >= 11 is 0. The summed E-state index contributed by atoms with van der Waals surface area (Å²) < 4.78 is 0. The third kappa shape index (κ3) is 4.95. The third-order valence-corrected chi connectivity index (χ3v) is 4.62. The van der Waals surface area contributed by atoms with Crippen LogP contribution >= 0.6 is 0 Å². The van der Waals surface area contributed by atoms with Gasteiger partial charge in [-0.15, -0.1) is 0 Å². The van der Waals surface area contributed by atoms with E-state index >= 15 is 0 Å². The van der Waals surface area contributed by atoms with Crippen LogP contribution in [-0.4, -0.2) is 17.1 Å². The molecule has 1 aromatic carbocycles. The average Bonchev–Trinajstić information content (AvgIpc) is 2.61. The molecule has 1 heterocycles. The highest BCUT2D eigenvalue weighted by Crippen LogP contribution is 2.22. The van der Waals surface area contributed by atoms with E-state index in [0.717, 1.165) is 24.2 Å². The van der Waals surface area contributed by atoms with E-state index in [0.29, 0.717) is 11.9 Å². The van der Waals surface area contributed by atoms with Crippen molar-refractivity contribution in [3.05, 3.63) is 47.7 Å². The smallest absolute Gasteiger partial charge is 0.320 e. The number of nitrogens with zero attached hydrogens (tertiary/aromatic N) is 1. The lowest BCUT2D eigenvalue weighted by atomic mass is 9.96. The fourth-order valence-corrected chi connectivity index (χ4v) is 3.15. The van der Waals surface area contributed by atoms with E-state index in [-0.39, 0.29) is 6.03 Å². The predicted molar refractivity (Wildman–Crippen MR) is 102 cm³/mol. The molecule has 132 valence electrons. The highest BCUT2D eigenvalue weighted by Gasteiger charge is 2.15. The second kappa shape index (κ2) is 8.01. The molecule has 1 saturated carbocycles. The molecule has 0 spiro atoms. The van der Waals surface area contributed by atoms with Gasteiger partial charge in [0.05, 0.1) is 11.9 Å². The fourth-order valence-electron chi connectivity index (χ4n) is 3.15. The van der Waals surface area contributed by atoms with Gasteiger partial charge in [-0.25, -0.2) is 9.78 Å². The first-order valence-electron chi connectivity index (χ1n) is 8.98. The average molecular weight is 338 g/mol. The minimum absolute atomic E-state index is 0.172. The Morgan fingerprint density at radius 2 is 1.88 bits per heavy atom. The Bertz CT molecular complexity index is 721. The summed E-state index contributed by atoms with van der Waals surface area (Å²) in [5.74, 6) is 0.555. The summed E-state index contributed by atoms with van der Waals surface area (Å²) in [4.78, 5) is 16.4. The predicted octanol–water partition coefficient (Wildman–Crippen LogP) is 4.90. The highest BCUT2D eigenvalue weighted by molar-refractivity contribution is 5.88. The van der Waals surface area contributed by atoms with Gasteiger partial charge in [0.15, 0.2) is 0 Å². The number of aromatic nitrogens is 1. The summed E-state index contributed by atoms with van der Waals surface area (Å²) in [7, 11) is 0. The summed E-state index contributed by atoms with van der Waals surface area (Å²) in [6.45, 7) is 4.14. The number of aryl methyl sites for hydroxylation is 2. The SMILES string of the molecule is Cc1ccc(C)c(Nc2ccc(NC(=O)NC3CCCCC3)nc2)c1. The second-order valence-corrected chi connectivity index (χ2v) is 6.81. The van der Waals surface area contributed by atoms with Crippen LogP contribution in [0.25, 0.3) is 0 Å². The van der Waals surface area contributed by atoms with Crippen molar-refractivity contribution in [3.8, 4) is 0 Å². The van der Waals surface area contributed by atoms with Crippen molar-refractivity contribution in [2.75, 3.05) is 10.6 Å². The normalized spacial score (nSPS) is 14.8. The van der Waals surface area contributed by atoms with Crippen molar-refractivity contribution in [1.29, 1.82) is 0 Å². The Morgan fingerprint density at radius 1 is 1.08 bits per heavy atom. The Morgan fingerprint density at radius 3 is 2.60 bits per heavy atom. The standard InChI is InChI=1S/C20H26N4O/c1-14-8-9-15(2)18(12-14)22-17-10-11-19(21-13-17)24-20(25)23-16-6-4-3-5-7-16/h8-13,16,22H,3-7H2,1-2H3,(H2,21,23,24,25). The first-order chi connectivity index (χ1) is 12.1. The summed E-state index contributed by atoms with van der Waals surface area (Å²) in [6, 6.07) is 10.2. The van der Waals surface area contributed by atoms with E-state index in [1.165, 1.54) is 30.4 Å². The monoisotopic (exact) mass is 338 g/mol. The lowest BCUT2D eigenvalue weighted by molar-refractivity contribution is 0.244. The maximum Gasteiger partial charge on any atom is 0.320 e. The van der Waals surface area contributed by atoms with Gasteiger partial charge in [0, 0.05) is 11.7 Å². The lowest BCUT2D eigenvalue weighted by Crippen LogP contribution is -2.39. The van der Waals surface area contributed by atoms with E-state index in [1.54, 1.807) is 6.20 Å². The third-order valence-electron chi connectivity index (χ3n) is 4.62. The minimum Gasteiger partial charge on any atom is -0.354 e. The molecule has 3 rings (SSSR count). The Balaban J connectivity index is 1.56. The number of hydrogen-bond donors (Lipinski definition) is 3. The van der Waals surface area contributed by atoms with Crippen molar-refractivity contribution in [3.63, 3.8) is 0 Å². The minimum atomic E-state index is -0.172. The molecule has 1 aliphatic rings. The van der Waals surface area contributed by atoms with Gasteiger partial charge < -0.3 is 10.6 Å². The largest absolute Gasteiger partial charge is 0.354 e. The molecule has 5 heteroatoms. The first kappa shape index (κ1) is 17.3. The van der Waals surface area contributed by atoms with Gasteiger partial charge in [-0.3, -0.25) is 5.32 Å². The van der Waals surface area contributed by atoms with Crippen LogP contribution in [0.1, 0.15) is 43.2 Å². The molecule has 0 aliphatic heterocycles. The topological polar surface area (TPSA) is 66.0 Å². The molecule has 5 nitrogen and oxygen atoms in total. The Labute approximate surface area is 149 Å². The number of carbonyl (C=O) groups is 1. The zero-order chi connectivity index (χ0) is 17.6. The molecule has 0 saturated heterocycles. The van der Waals surface area contributed by atoms with Crippen LogP contribution < -0.4 is 16.0 Å². The molecule has 0 radical (unpaired) electrons. The number of hydrogen-bond acceptors (Lipinski definition) is 3. The zero-order valence-corrected chi connectivity index (χ0v) is 14.9. The fraction of sp³-hybridized carbons (Fsp3) is 0.400. The Kier molecular flexibility index (Phi) is 5.53. The van der Waals surface area contributed by atoms with Crippen LogP contribution in [0.4, 0.5) is 22.0 Å². The van der Waals surface area contributed by atoms with Crippen molar-refractivity contribution in [1.82, 2.24) is 10.3 Å². The zero-order valence-electron chi connectivity index (χ0n) is 14.9. The molecule has 1 aromatic heterocycles. The van der Waals surface area contributed by atoms with Gasteiger partial charge >= 0.3 is 6.03 Å². The van der Waals surface area contributed by atoms with E-state index < -0.39 is 0 Å². The van der Waals surface area contributed by atoms with Gasteiger partial charge in [0.1, 0.15) is 5.82 Å². The van der Waals surface area contributed by atoms with Gasteiger partial charge in [-0.05, 0) is 56.0 Å². The van der Waals surface area contributed by atoms with Crippen molar-refractivity contribution >= 4 is 23.2 Å². The van der Waals surface area contributed by atoms with Crippen LogP contribution in [0.5, 0.6) is 0 Å². The van der Waals surface area contributed by atoms with Crippen molar-refractivity contribution in [2.24, 2.45) is 0 Å². The highest BCUT2D eigenvalue weighted by atomic mass is 16.2. The maximum atomic E-state index is 12.1. The van der Waals surface area contributed by atoms with Crippen LogP contribution in [0.15, 0.2) is 36.5 Å². The molecule has 1 fully saturated rings. The van der Waals surface area contributed by atoms with E-state index in [2.05, 4.69) is 53.0 Å². The molecule has 0 atom stereocenters. The quantitative estimate of drug-likeness (QED) is 0.743. The van der Waals surface area contributed by atoms with Gasteiger partial charge in [0.2, 0.25) is 0 Å². The number of nitrogens with one attached hydrogen (secondary N) is 3. The van der Waals surface area contributed by atoms with Gasteiger partial charge in [-0.1, -0.05) is 31.4 Å². The molecular weight excluding hydrogens is 312 g/mol. The van der Waals surface area contributed by atoms with Gasteiger partial charge in [0.25, 0.3) is 0 Å². The molecular formula is C20H26N4O. The van der Waals surface area contributed by atoms with Crippen molar-refractivity contribution < 1.29 is 4.79 Å². The first-order valence-corrected chi connectivity index (χ1v) is 8.98. The van der Waals surface area contributed by atoms with Crippen LogP contribution in [0, 0.1) is 13.8 Å². The molecule has 25 heavy (non-hydrogen) atoms. The molecule has 2 aromatic rings. The molecule has 1 aliphatic carbocycles. The molecule has 0 bridgehead atoms. The summed E-state index contributed by atoms with van der Waals surface area (Å²) in [5.41, 5.74) is 4.35. The van der Waals surface area contributed by atoms with Crippen LogP contribution in [0.3, 0.4) is 0 Å². The van der Waals surface area contributed by atoms with Crippen LogP contribution in [-0.2, 0) is 0 Å². The number of anilines is 3. The second-order valence-electron chi connectivity index (χ2n) is 6.81. The number of benzene rings is 1. The number of amides is 2. The summed E-state index contributed by atoms with van der Waals surface area (Å²) in [6.07, 6.45) is 7.54. The van der Waals surface area contributed by atoms with Gasteiger partial charge in [-0.2, -0.15) is 0 Å². The maximum absolute atomic E-state index is 12.1. The number of rotatable bonds is 4. The Hall–Kier alpha value is -2.56. The van der Waals surface area contributed by atoms with E-state index in [1.807, 2.05) is 12.1 Å². The molecule has 2 amide bonds. The van der Waals surface area contributed by atoms with E-state index in [9.17, 15) is 4.79 Å². The number of pyridine rings is 1. The van der Waals surface area contributed by atoms with Crippen molar-refractivity contribution in [2.45, 2.75) is 52.0 Å². The number of urea groups is 1. The molecule has 3 N–H and O–H groups in total. The van der Waals surface area contributed by atoms with E-state index in [4.69, 9.17) is 0 Å². The molecule has 0 unspecified atom stereocenters.